The van der Waals surface area contributed by atoms with Gasteiger partial charge in [0.15, 0.2) is 5.76 Å². The van der Waals surface area contributed by atoms with Crippen molar-refractivity contribution >= 4 is 5.95 Å². The molecule has 2 aromatic heterocycles. The van der Waals surface area contributed by atoms with Crippen LogP contribution in [-0.2, 0) is 19.1 Å². The van der Waals surface area contributed by atoms with Crippen molar-refractivity contribution in [2.45, 2.75) is 19.1 Å². The minimum Gasteiger partial charge on any atom is -0.459 e. The van der Waals surface area contributed by atoms with E-state index in [2.05, 4.69) is 15.3 Å². The maximum atomic E-state index is 13.0. The highest BCUT2D eigenvalue weighted by Crippen LogP contribution is 2.37. The topological polar surface area (TPSA) is 77.0 Å². The van der Waals surface area contributed by atoms with Crippen molar-refractivity contribution in [1.82, 2.24) is 15.3 Å². The predicted octanol–water partition coefficient (Wildman–Crippen LogP) is 1.98. The first-order valence-corrected chi connectivity index (χ1v) is 5.97. The second kappa shape index (κ2) is 4.48. The van der Waals surface area contributed by atoms with Gasteiger partial charge in [0.05, 0.1) is 0 Å². The minimum absolute atomic E-state index is 0.0696. The average Bonchev–Trinajstić information content (AvgIpc) is 2.80. The Labute approximate surface area is 112 Å². The molecular formula is C12H11F3N4O. The molecule has 0 atom stereocenters. The summed E-state index contributed by atoms with van der Waals surface area (Å²) >= 11 is 0. The van der Waals surface area contributed by atoms with Crippen molar-refractivity contribution in [3.63, 3.8) is 0 Å². The molecule has 0 bridgehead atoms. The molecule has 5 nitrogen and oxygen atoms in total. The van der Waals surface area contributed by atoms with Crippen LogP contribution < -0.4 is 11.1 Å². The lowest BCUT2D eigenvalue weighted by molar-refractivity contribution is -0.137. The molecule has 106 valence electrons. The van der Waals surface area contributed by atoms with Crippen molar-refractivity contribution < 1.29 is 17.6 Å². The fourth-order valence-corrected chi connectivity index (χ4v) is 2.16. The number of nitrogens with zero attached hydrogens (tertiary/aromatic N) is 2. The van der Waals surface area contributed by atoms with Crippen molar-refractivity contribution in [2.75, 3.05) is 12.3 Å². The molecule has 0 saturated carbocycles. The highest BCUT2D eigenvalue weighted by molar-refractivity contribution is 5.60. The highest BCUT2D eigenvalue weighted by atomic mass is 19.4. The summed E-state index contributed by atoms with van der Waals surface area (Å²) in [5.74, 6) is 0.532. The molecule has 0 aromatic carbocycles. The van der Waals surface area contributed by atoms with Gasteiger partial charge in [-0.3, -0.25) is 0 Å². The largest absolute Gasteiger partial charge is 0.459 e. The van der Waals surface area contributed by atoms with Crippen LogP contribution in [0.2, 0.25) is 0 Å². The number of rotatable bonds is 1. The van der Waals surface area contributed by atoms with Gasteiger partial charge in [-0.2, -0.15) is 13.2 Å². The summed E-state index contributed by atoms with van der Waals surface area (Å²) < 4.78 is 44.4. The maximum absolute atomic E-state index is 13.0. The monoisotopic (exact) mass is 284 g/mol. The van der Waals surface area contributed by atoms with E-state index in [1.807, 2.05) is 0 Å². The number of hydrogen-bond acceptors (Lipinski definition) is 5. The smallest absolute Gasteiger partial charge is 0.420 e. The standard InChI is InChI=1S/C12H11F3N4O/c13-12(14,15)7-5-18-11(16)19-10(7)9-3-6-4-17-2-1-8(6)20-9/h3,5,17H,1-2,4H2,(H2,16,18,19). The first-order chi connectivity index (χ1) is 9.45. The number of nitrogen functional groups attached to an aromatic ring is 1. The first-order valence-electron chi connectivity index (χ1n) is 5.97. The third-order valence-electron chi connectivity index (χ3n) is 3.09. The molecule has 0 radical (unpaired) electrons. The van der Waals surface area contributed by atoms with E-state index < -0.39 is 11.7 Å². The molecule has 0 spiro atoms. The normalized spacial score (nSPS) is 15.2. The second-order valence-corrected chi connectivity index (χ2v) is 4.47. The van der Waals surface area contributed by atoms with Gasteiger partial charge in [-0.1, -0.05) is 0 Å². The van der Waals surface area contributed by atoms with Crippen molar-refractivity contribution in [3.8, 4) is 11.5 Å². The Bertz CT molecular complexity index is 627. The summed E-state index contributed by atoms with van der Waals surface area (Å²) in [6.07, 6.45) is -3.25. The average molecular weight is 284 g/mol. The summed E-state index contributed by atoms with van der Waals surface area (Å²) in [5, 5.41) is 3.12. The summed E-state index contributed by atoms with van der Waals surface area (Å²) in [5.41, 5.74) is 4.96. The molecule has 0 amide bonds. The third-order valence-corrected chi connectivity index (χ3v) is 3.09. The molecule has 0 aliphatic carbocycles. The number of nitrogens with one attached hydrogen (secondary N) is 1. The number of aromatic nitrogens is 2. The van der Waals surface area contributed by atoms with Crippen LogP contribution in [0.3, 0.4) is 0 Å². The summed E-state index contributed by atoms with van der Waals surface area (Å²) in [6.45, 7) is 1.30. The molecule has 1 aliphatic heterocycles. The molecular weight excluding hydrogens is 273 g/mol. The van der Waals surface area contributed by atoms with Crippen LogP contribution in [-0.4, -0.2) is 16.5 Å². The molecule has 1 aliphatic rings. The first kappa shape index (κ1) is 12.9. The molecule has 0 fully saturated rings. The van der Waals surface area contributed by atoms with Crippen LogP contribution in [0, 0.1) is 0 Å². The summed E-state index contributed by atoms with van der Waals surface area (Å²) in [4.78, 5) is 7.09. The lowest BCUT2D eigenvalue weighted by Gasteiger charge is -2.10. The number of nitrogens with two attached hydrogens (primary N) is 1. The Morgan fingerprint density at radius 1 is 1.35 bits per heavy atom. The molecule has 20 heavy (non-hydrogen) atoms. The Balaban J connectivity index is 2.13. The van der Waals surface area contributed by atoms with E-state index in [1.165, 1.54) is 0 Å². The molecule has 3 rings (SSSR count). The molecule has 0 unspecified atom stereocenters. The zero-order valence-electron chi connectivity index (χ0n) is 10.3. The number of anilines is 1. The number of hydrogen-bond donors (Lipinski definition) is 2. The molecule has 8 heteroatoms. The Hall–Kier alpha value is -2.09. The van der Waals surface area contributed by atoms with Crippen molar-refractivity contribution in [1.29, 1.82) is 0 Å². The third kappa shape index (κ3) is 2.22. The molecule has 3 N–H and O–H groups in total. The van der Waals surface area contributed by atoms with Crippen LogP contribution in [0.15, 0.2) is 16.7 Å². The van der Waals surface area contributed by atoms with E-state index in [0.29, 0.717) is 24.9 Å². The van der Waals surface area contributed by atoms with E-state index >= 15 is 0 Å². The van der Waals surface area contributed by atoms with Crippen LogP contribution in [0.4, 0.5) is 19.1 Å². The fraction of sp³-hybridized carbons (Fsp3) is 0.333. The fourth-order valence-electron chi connectivity index (χ4n) is 2.16. The zero-order valence-corrected chi connectivity index (χ0v) is 10.3. The lowest BCUT2D eigenvalue weighted by Crippen LogP contribution is -2.22. The van der Waals surface area contributed by atoms with Crippen LogP contribution >= 0.6 is 0 Å². The van der Waals surface area contributed by atoms with Gasteiger partial charge in [0.2, 0.25) is 5.95 Å². The van der Waals surface area contributed by atoms with E-state index in [1.54, 1.807) is 6.07 Å². The Morgan fingerprint density at radius 3 is 2.85 bits per heavy atom. The molecule has 2 aromatic rings. The Kier molecular flexibility index (Phi) is 2.89. The van der Waals surface area contributed by atoms with Crippen LogP contribution in [0.25, 0.3) is 11.5 Å². The zero-order chi connectivity index (χ0) is 14.3. The predicted molar refractivity (Wildman–Crippen MR) is 64.6 cm³/mol. The van der Waals surface area contributed by atoms with Gasteiger partial charge in [-0.25, -0.2) is 9.97 Å². The number of furan rings is 1. The Morgan fingerprint density at radius 2 is 2.15 bits per heavy atom. The van der Waals surface area contributed by atoms with Crippen molar-refractivity contribution in [2.24, 2.45) is 0 Å². The molecule has 0 saturated heterocycles. The quantitative estimate of drug-likeness (QED) is 0.837. The SMILES string of the molecule is Nc1ncc(C(F)(F)F)c(-c2cc3c(o2)CCNC3)n1. The number of fused-ring (bicyclic) bond motifs is 1. The summed E-state index contributed by atoms with van der Waals surface area (Å²) in [7, 11) is 0. The van der Waals surface area contributed by atoms with Gasteiger partial charge in [0.25, 0.3) is 0 Å². The second-order valence-electron chi connectivity index (χ2n) is 4.47. The minimum atomic E-state index is -4.56. The van der Waals surface area contributed by atoms with Gasteiger partial charge < -0.3 is 15.5 Å². The molecule has 3 heterocycles. The summed E-state index contributed by atoms with van der Waals surface area (Å²) in [6, 6.07) is 1.57. The van der Waals surface area contributed by atoms with Gasteiger partial charge >= 0.3 is 6.18 Å². The lowest BCUT2D eigenvalue weighted by atomic mass is 10.1. The van der Waals surface area contributed by atoms with Gasteiger partial charge in [0.1, 0.15) is 17.0 Å². The van der Waals surface area contributed by atoms with Crippen LogP contribution in [0.5, 0.6) is 0 Å². The van der Waals surface area contributed by atoms with Gasteiger partial charge in [0, 0.05) is 31.3 Å². The van der Waals surface area contributed by atoms with Gasteiger partial charge in [-0.15, -0.1) is 0 Å². The van der Waals surface area contributed by atoms with Crippen LogP contribution in [0.1, 0.15) is 16.9 Å². The van der Waals surface area contributed by atoms with Gasteiger partial charge in [-0.05, 0) is 6.07 Å². The van der Waals surface area contributed by atoms with E-state index in [4.69, 9.17) is 10.2 Å². The van der Waals surface area contributed by atoms with E-state index in [9.17, 15) is 13.2 Å². The van der Waals surface area contributed by atoms with E-state index in [-0.39, 0.29) is 17.4 Å². The van der Waals surface area contributed by atoms with E-state index in [0.717, 1.165) is 12.1 Å². The number of alkyl halides is 3. The highest BCUT2D eigenvalue weighted by Gasteiger charge is 2.36. The maximum Gasteiger partial charge on any atom is 0.420 e. The number of halogens is 3. The van der Waals surface area contributed by atoms with Crippen molar-refractivity contribution in [3.05, 3.63) is 29.2 Å².